The van der Waals surface area contributed by atoms with Gasteiger partial charge in [-0.2, -0.15) is 4.99 Å². The summed E-state index contributed by atoms with van der Waals surface area (Å²) < 4.78 is 4.61. The quantitative estimate of drug-likeness (QED) is 0.585. The molecule has 1 fully saturated rings. The first kappa shape index (κ1) is 19.6. The van der Waals surface area contributed by atoms with Gasteiger partial charge in [-0.05, 0) is 48.0 Å². The van der Waals surface area contributed by atoms with Crippen molar-refractivity contribution in [2.75, 3.05) is 12.0 Å². The number of methoxy groups -OCH3 is 1. The number of esters is 1. The number of hydrogen-bond acceptors (Lipinski definition) is 5. The largest absolute Gasteiger partial charge is 0.466 e. The topological polar surface area (TPSA) is 76.0 Å². The number of carbonyl (C=O) groups excluding carboxylic acids is 3. The Hall–Kier alpha value is -3.19. The van der Waals surface area contributed by atoms with Crippen LogP contribution in [-0.2, 0) is 20.7 Å². The zero-order chi connectivity index (χ0) is 20.1. The maximum absolute atomic E-state index is 12.9. The molecular formula is C21H18N2O4S. The SMILES string of the molecule is CCc1ccc(N2C(=O)/C(=C/C(=O)OC)S/C2=N\C(=O)c2ccccc2)cc1. The fraction of sp³-hybridized carbons (Fsp3) is 0.143. The molecule has 0 atom stereocenters. The molecule has 2 aromatic carbocycles. The summed E-state index contributed by atoms with van der Waals surface area (Å²) in [5.41, 5.74) is 2.10. The van der Waals surface area contributed by atoms with Crippen LogP contribution in [-0.4, -0.2) is 30.1 Å². The molecule has 0 aliphatic carbocycles. The average Bonchev–Trinajstić information content (AvgIpc) is 3.03. The van der Waals surface area contributed by atoms with Gasteiger partial charge in [0.25, 0.3) is 11.8 Å². The van der Waals surface area contributed by atoms with Crippen LogP contribution in [0, 0.1) is 0 Å². The molecule has 0 spiro atoms. The number of aliphatic imine (C=N–C) groups is 1. The fourth-order valence-electron chi connectivity index (χ4n) is 2.56. The van der Waals surface area contributed by atoms with E-state index in [4.69, 9.17) is 0 Å². The Balaban J connectivity index is 2.01. The third-order valence-corrected chi connectivity index (χ3v) is 5.05. The van der Waals surface area contributed by atoms with Crippen molar-refractivity contribution in [2.45, 2.75) is 13.3 Å². The van der Waals surface area contributed by atoms with Gasteiger partial charge in [-0.3, -0.25) is 14.5 Å². The van der Waals surface area contributed by atoms with Crippen molar-refractivity contribution in [3.63, 3.8) is 0 Å². The van der Waals surface area contributed by atoms with Crippen LogP contribution in [0.3, 0.4) is 0 Å². The van der Waals surface area contributed by atoms with Crippen molar-refractivity contribution >= 4 is 40.4 Å². The van der Waals surface area contributed by atoms with Crippen LogP contribution in [0.25, 0.3) is 0 Å². The second-order valence-electron chi connectivity index (χ2n) is 5.86. The molecule has 0 N–H and O–H groups in total. The second kappa shape index (κ2) is 8.67. The van der Waals surface area contributed by atoms with Gasteiger partial charge in [-0.1, -0.05) is 37.3 Å². The summed E-state index contributed by atoms with van der Waals surface area (Å²) in [6.45, 7) is 2.04. The summed E-state index contributed by atoms with van der Waals surface area (Å²) in [5.74, 6) is -1.54. The van der Waals surface area contributed by atoms with Crippen LogP contribution in [0.2, 0.25) is 0 Å². The van der Waals surface area contributed by atoms with Gasteiger partial charge < -0.3 is 4.74 Å². The van der Waals surface area contributed by atoms with Gasteiger partial charge in [0, 0.05) is 11.6 Å². The molecule has 3 rings (SSSR count). The van der Waals surface area contributed by atoms with Gasteiger partial charge in [0.05, 0.1) is 17.7 Å². The molecule has 1 saturated heterocycles. The molecule has 0 saturated carbocycles. The standard InChI is InChI=1S/C21H18N2O4S/c1-3-14-9-11-16(12-10-14)23-20(26)17(13-18(24)27-2)28-21(23)22-19(25)15-7-5-4-6-8-15/h4-13H,3H2,1-2H3/b17-13-,22-21-. The smallest absolute Gasteiger partial charge is 0.331 e. The number of thioether (sulfide) groups is 1. The van der Waals surface area contributed by atoms with Gasteiger partial charge in [-0.15, -0.1) is 0 Å². The number of anilines is 1. The first-order chi connectivity index (χ1) is 13.5. The number of aryl methyl sites for hydroxylation is 1. The summed E-state index contributed by atoms with van der Waals surface area (Å²) >= 11 is 0.964. The number of hydrogen-bond donors (Lipinski definition) is 0. The lowest BCUT2D eigenvalue weighted by Gasteiger charge is -2.15. The lowest BCUT2D eigenvalue weighted by molar-refractivity contribution is -0.135. The molecule has 1 aliphatic heterocycles. The molecule has 0 unspecified atom stereocenters. The number of amidine groups is 1. The van der Waals surface area contributed by atoms with Crippen molar-refractivity contribution in [1.29, 1.82) is 0 Å². The minimum atomic E-state index is -0.646. The second-order valence-corrected chi connectivity index (χ2v) is 6.87. The molecule has 28 heavy (non-hydrogen) atoms. The van der Waals surface area contributed by atoms with E-state index in [9.17, 15) is 14.4 Å². The monoisotopic (exact) mass is 394 g/mol. The van der Waals surface area contributed by atoms with Gasteiger partial charge >= 0.3 is 5.97 Å². The minimum absolute atomic E-state index is 0.144. The molecule has 6 nitrogen and oxygen atoms in total. The molecule has 0 radical (unpaired) electrons. The molecule has 7 heteroatoms. The molecule has 2 amide bonds. The van der Waals surface area contributed by atoms with Crippen LogP contribution < -0.4 is 4.90 Å². The van der Waals surface area contributed by atoms with Crippen LogP contribution in [0.15, 0.2) is 70.6 Å². The number of ether oxygens (including phenoxy) is 1. The number of amides is 2. The molecule has 142 valence electrons. The molecular weight excluding hydrogens is 376 g/mol. The average molecular weight is 394 g/mol. The first-order valence-electron chi connectivity index (χ1n) is 8.62. The zero-order valence-electron chi connectivity index (χ0n) is 15.4. The maximum Gasteiger partial charge on any atom is 0.331 e. The summed E-state index contributed by atoms with van der Waals surface area (Å²) in [4.78, 5) is 42.6. The normalized spacial score (nSPS) is 16.6. The van der Waals surface area contributed by atoms with E-state index in [1.807, 2.05) is 19.1 Å². The van der Waals surface area contributed by atoms with Gasteiger partial charge in [0.15, 0.2) is 5.17 Å². The number of nitrogens with zero attached hydrogens (tertiary/aromatic N) is 2. The Morgan fingerprint density at radius 3 is 2.39 bits per heavy atom. The summed E-state index contributed by atoms with van der Waals surface area (Å²) in [6.07, 6.45) is 1.97. The lowest BCUT2D eigenvalue weighted by Crippen LogP contribution is -2.29. The van der Waals surface area contributed by atoms with Crippen molar-refractivity contribution < 1.29 is 19.1 Å². The molecule has 0 bridgehead atoms. The Kier molecular flexibility index (Phi) is 6.06. The summed E-state index contributed by atoms with van der Waals surface area (Å²) in [6, 6.07) is 16.0. The van der Waals surface area contributed by atoms with Gasteiger partial charge in [0.1, 0.15) is 0 Å². The van der Waals surface area contributed by atoms with Crippen LogP contribution in [0.1, 0.15) is 22.8 Å². The van der Waals surface area contributed by atoms with E-state index in [1.165, 1.54) is 12.0 Å². The summed E-state index contributed by atoms with van der Waals surface area (Å²) in [7, 11) is 1.23. The van der Waals surface area contributed by atoms with E-state index >= 15 is 0 Å². The number of carbonyl (C=O) groups is 3. The zero-order valence-corrected chi connectivity index (χ0v) is 16.2. The highest BCUT2D eigenvalue weighted by Gasteiger charge is 2.36. The molecule has 0 aromatic heterocycles. The molecule has 2 aromatic rings. The maximum atomic E-state index is 12.9. The van der Waals surface area contributed by atoms with Crippen molar-refractivity contribution in [3.05, 3.63) is 76.7 Å². The third-order valence-electron chi connectivity index (χ3n) is 4.08. The Labute approximate surface area is 166 Å². The Morgan fingerprint density at radius 2 is 1.79 bits per heavy atom. The number of rotatable bonds is 4. The first-order valence-corrected chi connectivity index (χ1v) is 9.44. The van der Waals surface area contributed by atoms with E-state index in [0.29, 0.717) is 11.3 Å². The van der Waals surface area contributed by atoms with Crippen molar-refractivity contribution in [1.82, 2.24) is 0 Å². The molecule has 1 heterocycles. The van der Waals surface area contributed by atoms with Crippen molar-refractivity contribution in [2.24, 2.45) is 4.99 Å². The van der Waals surface area contributed by atoms with E-state index in [-0.39, 0.29) is 10.1 Å². The van der Waals surface area contributed by atoms with E-state index in [1.54, 1.807) is 42.5 Å². The van der Waals surface area contributed by atoms with E-state index in [2.05, 4.69) is 9.73 Å². The van der Waals surface area contributed by atoms with Gasteiger partial charge in [0.2, 0.25) is 0 Å². The lowest BCUT2D eigenvalue weighted by atomic mass is 10.1. The third kappa shape index (κ3) is 4.20. The van der Waals surface area contributed by atoms with Crippen LogP contribution >= 0.6 is 11.8 Å². The van der Waals surface area contributed by atoms with E-state index in [0.717, 1.165) is 29.8 Å². The predicted octanol–water partition coefficient (Wildman–Crippen LogP) is 3.58. The Morgan fingerprint density at radius 1 is 1.11 bits per heavy atom. The van der Waals surface area contributed by atoms with Crippen molar-refractivity contribution in [3.8, 4) is 0 Å². The fourth-order valence-corrected chi connectivity index (χ4v) is 3.49. The highest BCUT2D eigenvalue weighted by atomic mass is 32.2. The van der Waals surface area contributed by atoms with E-state index < -0.39 is 17.8 Å². The van der Waals surface area contributed by atoms with Gasteiger partial charge in [-0.25, -0.2) is 4.79 Å². The van der Waals surface area contributed by atoms with Crippen LogP contribution in [0.5, 0.6) is 0 Å². The predicted molar refractivity (Wildman–Crippen MR) is 109 cm³/mol. The molecule has 1 aliphatic rings. The minimum Gasteiger partial charge on any atom is -0.466 e. The number of benzene rings is 2. The van der Waals surface area contributed by atoms with Crippen LogP contribution in [0.4, 0.5) is 5.69 Å². The highest BCUT2D eigenvalue weighted by Crippen LogP contribution is 2.35. The Bertz CT molecular complexity index is 966. The summed E-state index contributed by atoms with van der Waals surface area (Å²) in [5, 5.41) is 0.193. The highest BCUT2D eigenvalue weighted by molar-refractivity contribution is 8.19.